The van der Waals surface area contributed by atoms with Crippen molar-refractivity contribution in [3.8, 4) is 16.9 Å². The average Bonchev–Trinajstić information content (AvgIpc) is 3.27. The second-order valence-corrected chi connectivity index (χ2v) is 6.69. The molecule has 1 atom stereocenters. The number of nitrogens with zero attached hydrogens (tertiary/aromatic N) is 3. The second-order valence-electron chi connectivity index (χ2n) is 6.69. The first-order valence-corrected chi connectivity index (χ1v) is 9.03. The maximum atomic E-state index is 5.72. The van der Waals surface area contributed by atoms with Gasteiger partial charge in [-0.1, -0.05) is 18.2 Å². The highest BCUT2D eigenvalue weighted by molar-refractivity contribution is 5.84. The third-order valence-electron chi connectivity index (χ3n) is 4.80. The summed E-state index contributed by atoms with van der Waals surface area (Å²) in [4.78, 5) is 4.76. The van der Waals surface area contributed by atoms with Crippen LogP contribution in [0.15, 0.2) is 30.3 Å². The predicted octanol–water partition coefficient (Wildman–Crippen LogP) is 3.61. The smallest absolute Gasteiger partial charge is 0.165 e. The zero-order valence-electron chi connectivity index (χ0n) is 15.5. The van der Waals surface area contributed by atoms with E-state index >= 15 is 0 Å². The molecule has 26 heavy (non-hydrogen) atoms. The summed E-state index contributed by atoms with van der Waals surface area (Å²) >= 11 is 0. The van der Waals surface area contributed by atoms with Crippen molar-refractivity contribution in [1.29, 1.82) is 0 Å². The molecule has 0 radical (unpaired) electrons. The minimum absolute atomic E-state index is 0.267. The Morgan fingerprint density at radius 2 is 2.15 bits per heavy atom. The number of aromatic nitrogens is 3. The predicted molar refractivity (Wildman–Crippen MR) is 102 cm³/mol. The van der Waals surface area contributed by atoms with Gasteiger partial charge in [-0.2, -0.15) is 9.61 Å². The van der Waals surface area contributed by atoms with Gasteiger partial charge in [-0.15, -0.1) is 0 Å². The maximum Gasteiger partial charge on any atom is 0.165 e. The van der Waals surface area contributed by atoms with Crippen LogP contribution in [0.2, 0.25) is 0 Å². The number of ether oxygens (including phenoxy) is 2. The van der Waals surface area contributed by atoms with Gasteiger partial charge in [-0.25, -0.2) is 4.98 Å². The summed E-state index contributed by atoms with van der Waals surface area (Å²) in [5.74, 6) is 1.76. The quantitative estimate of drug-likeness (QED) is 0.760. The summed E-state index contributed by atoms with van der Waals surface area (Å²) in [5, 5.41) is 8.24. The van der Waals surface area contributed by atoms with Crippen LogP contribution in [0.1, 0.15) is 24.2 Å². The van der Waals surface area contributed by atoms with Crippen LogP contribution in [0.25, 0.3) is 16.8 Å². The minimum Gasteiger partial charge on any atom is -0.496 e. The fourth-order valence-corrected chi connectivity index (χ4v) is 3.56. The van der Waals surface area contributed by atoms with E-state index < -0.39 is 0 Å². The highest BCUT2D eigenvalue weighted by Crippen LogP contribution is 2.35. The van der Waals surface area contributed by atoms with Crippen LogP contribution >= 0.6 is 0 Å². The van der Waals surface area contributed by atoms with Gasteiger partial charge in [0.25, 0.3) is 0 Å². The van der Waals surface area contributed by atoms with E-state index in [-0.39, 0.29) is 6.10 Å². The minimum atomic E-state index is 0.267. The van der Waals surface area contributed by atoms with E-state index in [1.807, 2.05) is 48.7 Å². The van der Waals surface area contributed by atoms with Gasteiger partial charge in [0.1, 0.15) is 11.6 Å². The molecule has 1 aromatic carbocycles. The van der Waals surface area contributed by atoms with Gasteiger partial charge < -0.3 is 14.8 Å². The summed E-state index contributed by atoms with van der Waals surface area (Å²) in [7, 11) is 1.69. The molecule has 0 amide bonds. The Labute approximate surface area is 153 Å². The Balaban J connectivity index is 1.79. The molecule has 3 aromatic rings. The fourth-order valence-electron chi connectivity index (χ4n) is 3.56. The maximum absolute atomic E-state index is 5.72. The van der Waals surface area contributed by atoms with E-state index in [1.54, 1.807) is 7.11 Å². The van der Waals surface area contributed by atoms with Gasteiger partial charge in [0.05, 0.1) is 24.5 Å². The van der Waals surface area contributed by atoms with Gasteiger partial charge in [-0.05, 0) is 32.8 Å². The number of anilines is 1. The molecular formula is C20H24N4O2. The first-order valence-electron chi connectivity index (χ1n) is 9.03. The van der Waals surface area contributed by atoms with Gasteiger partial charge in [0, 0.05) is 30.5 Å². The molecule has 1 aliphatic rings. The Bertz CT molecular complexity index is 929. The van der Waals surface area contributed by atoms with Crippen LogP contribution in [0.4, 0.5) is 5.82 Å². The number of aryl methyl sites for hydroxylation is 2. The lowest BCUT2D eigenvalue weighted by Gasteiger charge is -2.13. The molecular weight excluding hydrogens is 328 g/mol. The van der Waals surface area contributed by atoms with E-state index in [0.29, 0.717) is 0 Å². The zero-order valence-corrected chi connectivity index (χ0v) is 15.5. The van der Waals surface area contributed by atoms with Crippen molar-refractivity contribution in [2.45, 2.75) is 32.8 Å². The molecule has 1 saturated heterocycles. The Morgan fingerprint density at radius 1 is 1.31 bits per heavy atom. The Morgan fingerprint density at radius 3 is 2.92 bits per heavy atom. The van der Waals surface area contributed by atoms with E-state index in [9.17, 15) is 0 Å². The van der Waals surface area contributed by atoms with Crippen LogP contribution in [0.5, 0.6) is 5.75 Å². The van der Waals surface area contributed by atoms with Crippen molar-refractivity contribution in [2.75, 3.05) is 25.6 Å². The number of para-hydroxylation sites is 1. The first-order chi connectivity index (χ1) is 12.7. The van der Waals surface area contributed by atoms with Gasteiger partial charge in [0.15, 0.2) is 5.65 Å². The molecule has 6 nitrogen and oxygen atoms in total. The number of methoxy groups -OCH3 is 1. The molecule has 136 valence electrons. The Kier molecular flexibility index (Phi) is 4.51. The normalized spacial score (nSPS) is 17.0. The third kappa shape index (κ3) is 3.01. The molecule has 0 spiro atoms. The largest absolute Gasteiger partial charge is 0.496 e. The van der Waals surface area contributed by atoms with E-state index in [1.165, 1.54) is 0 Å². The van der Waals surface area contributed by atoms with E-state index in [0.717, 1.165) is 65.7 Å². The summed E-state index contributed by atoms with van der Waals surface area (Å²) in [5.41, 5.74) is 4.72. The molecule has 1 unspecified atom stereocenters. The molecule has 6 heteroatoms. The van der Waals surface area contributed by atoms with Crippen LogP contribution in [0.3, 0.4) is 0 Å². The van der Waals surface area contributed by atoms with Crippen LogP contribution < -0.4 is 10.1 Å². The molecule has 0 saturated carbocycles. The highest BCUT2D eigenvalue weighted by Gasteiger charge is 2.20. The summed E-state index contributed by atoms with van der Waals surface area (Å²) in [6.07, 6.45) is 2.50. The van der Waals surface area contributed by atoms with Gasteiger partial charge in [-0.3, -0.25) is 0 Å². The van der Waals surface area contributed by atoms with Crippen molar-refractivity contribution in [1.82, 2.24) is 14.6 Å². The van der Waals surface area contributed by atoms with Gasteiger partial charge in [0.2, 0.25) is 0 Å². The number of hydrogen-bond donors (Lipinski definition) is 1. The van der Waals surface area contributed by atoms with Crippen LogP contribution in [0, 0.1) is 13.8 Å². The summed E-state index contributed by atoms with van der Waals surface area (Å²) in [6, 6.07) is 10.0. The molecule has 0 bridgehead atoms. The zero-order chi connectivity index (χ0) is 18.1. The summed E-state index contributed by atoms with van der Waals surface area (Å²) < 4.78 is 13.2. The van der Waals surface area contributed by atoms with E-state index in [2.05, 4.69) is 5.32 Å². The van der Waals surface area contributed by atoms with Crippen LogP contribution in [-0.2, 0) is 4.74 Å². The Hall–Kier alpha value is -2.60. The average molecular weight is 352 g/mol. The first kappa shape index (κ1) is 16.8. The number of nitrogens with one attached hydrogen (secondary N) is 1. The fraction of sp³-hybridized carbons (Fsp3) is 0.400. The molecule has 1 N–H and O–H groups in total. The molecule has 2 aromatic heterocycles. The number of fused-ring (bicyclic) bond motifs is 1. The highest BCUT2D eigenvalue weighted by atomic mass is 16.5. The topological polar surface area (TPSA) is 60.7 Å². The number of rotatable bonds is 5. The molecule has 4 rings (SSSR count). The van der Waals surface area contributed by atoms with Crippen molar-refractivity contribution in [2.24, 2.45) is 0 Å². The van der Waals surface area contributed by atoms with Crippen molar-refractivity contribution in [3.05, 3.63) is 41.7 Å². The molecule has 1 aliphatic heterocycles. The SMILES string of the molecule is COc1ccccc1-c1c(C)nn2c(NCC3CCCO3)cc(C)nc12. The van der Waals surface area contributed by atoms with Crippen molar-refractivity contribution in [3.63, 3.8) is 0 Å². The lowest BCUT2D eigenvalue weighted by atomic mass is 10.1. The lowest BCUT2D eigenvalue weighted by molar-refractivity contribution is 0.120. The molecule has 3 heterocycles. The third-order valence-corrected chi connectivity index (χ3v) is 4.80. The van der Waals surface area contributed by atoms with Gasteiger partial charge >= 0.3 is 0 Å². The van der Waals surface area contributed by atoms with Crippen molar-refractivity contribution >= 4 is 11.5 Å². The standard InChI is InChI=1S/C20H24N4O2/c1-13-11-18(21-12-15-7-6-10-26-15)24-20(22-13)19(14(2)23-24)16-8-4-5-9-17(16)25-3/h4-5,8-9,11,15,21H,6-7,10,12H2,1-3H3. The number of benzene rings is 1. The number of hydrogen-bond acceptors (Lipinski definition) is 5. The van der Waals surface area contributed by atoms with Crippen LogP contribution in [-0.4, -0.2) is 41.0 Å². The van der Waals surface area contributed by atoms with Crippen molar-refractivity contribution < 1.29 is 9.47 Å². The van der Waals surface area contributed by atoms with E-state index in [4.69, 9.17) is 19.6 Å². The second kappa shape index (κ2) is 6.96. The monoisotopic (exact) mass is 352 g/mol. The molecule has 0 aliphatic carbocycles. The molecule has 1 fully saturated rings. The summed E-state index contributed by atoms with van der Waals surface area (Å²) in [6.45, 7) is 5.65. The lowest BCUT2D eigenvalue weighted by Crippen LogP contribution is -2.20.